The van der Waals surface area contributed by atoms with E-state index in [4.69, 9.17) is 4.74 Å². The van der Waals surface area contributed by atoms with Crippen LogP contribution in [0.4, 0.5) is 0 Å². The molecule has 0 spiro atoms. The van der Waals surface area contributed by atoms with Gasteiger partial charge in [-0.2, -0.15) is 0 Å². The van der Waals surface area contributed by atoms with Crippen LogP contribution in [0, 0.1) is 13.8 Å². The summed E-state index contributed by atoms with van der Waals surface area (Å²) in [5.41, 5.74) is 2.45. The standard InChI is InChI=1S/C12H18OS/c1-8(2)13-12-9(3)6-11(14-5)7-10(12)4/h6-8H,1-5H3. The van der Waals surface area contributed by atoms with Crippen LogP contribution in [0.2, 0.25) is 0 Å². The molecule has 0 aliphatic rings. The lowest BCUT2D eigenvalue weighted by Gasteiger charge is -2.15. The van der Waals surface area contributed by atoms with Gasteiger partial charge in [0.1, 0.15) is 5.75 Å². The first kappa shape index (κ1) is 11.4. The van der Waals surface area contributed by atoms with Crippen molar-refractivity contribution in [2.45, 2.75) is 38.7 Å². The van der Waals surface area contributed by atoms with Crippen LogP contribution in [0.1, 0.15) is 25.0 Å². The highest BCUT2D eigenvalue weighted by atomic mass is 32.2. The Morgan fingerprint density at radius 3 is 2.00 bits per heavy atom. The van der Waals surface area contributed by atoms with Gasteiger partial charge in [0.2, 0.25) is 0 Å². The van der Waals surface area contributed by atoms with Crippen LogP contribution in [-0.2, 0) is 0 Å². The van der Waals surface area contributed by atoms with E-state index in [0.29, 0.717) is 0 Å². The van der Waals surface area contributed by atoms with Gasteiger partial charge in [0.15, 0.2) is 0 Å². The molecule has 1 nitrogen and oxygen atoms in total. The Kier molecular flexibility index (Phi) is 3.87. The number of hydrogen-bond acceptors (Lipinski definition) is 2. The largest absolute Gasteiger partial charge is 0.490 e. The molecule has 0 amide bonds. The molecule has 0 fully saturated rings. The number of rotatable bonds is 3. The van der Waals surface area contributed by atoms with Crippen LogP contribution in [0.5, 0.6) is 5.75 Å². The molecule has 0 radical (unpaired) electrons. The van der Waals surface area contributed by atoms with Gasteiger partial charge < -0.3 is 4.74 Å². The van der Waals surface area contributed by atoms with Gasteiger partial charge >= 0.3 is 0 Å². The van der Waals surface area contributed by atoms with Crippen LogP contribution < -0.4 is 4.74 Å². The Morgan fingerprint density at radius 1 is 1.14 bits per heavy atom. The van der Waals surface area contributed by atoms with E-state index in [0.717, 1.165) is 5.75 Å². The van der Waals surface area contributed by atoms with E-state index in [1.807, 2.05) is 0 Å². The lowest BCUT2D eigenvalue weighted by Crippen LogP contribution is -2.08. The second-order valence-corrected chi connectivity index (χ2v) is 4.64. The molecule has 0 unspecified atom stereocenters. The molecule has 0 aliphatic carbocycles. The molecule has 1 aromatic rings. The van der Waals surface area contributed by atoms with Gasteiger partial charge in [0.25, 0.3) is 0 Å². The van der Waals surface area contributed by atoms with Gasteiger partial charge in [0, 0.05) is 4.90 Å². The summed E-state index contributed by atoms with van der Waals surface area (Å²) in [7, 11) is 0. The van der Waals surface area contributed by atoms with Gasteiger partial charge in [0.05, 0.1) is 6.10 Å². The first-order valence-electron chi connectivity index (χ1n) is 4.86. The number of hydrogen-bond donors (Lipinski definition) is 0. The van der Waals surface area contributed by atoms with Gasteiger partial charge in [-0.3, -0.25) is 0 Å². The fraction of sp³-hybridized carbons (Fsp3) is 0.500. The van der Waals surface area contributed by atoms with Gasteiger partial charge in [-0.1, -0.05) is 0 Å². The first-order chi connectivity index (χ1) is 6.54. The van der Waals surface area contributed by atoms with Gasteiger partial charge in [-0.15, -0.1) is 11.8 Å². The minimum Gasteiger partial charge on any atom is -0.490 e. The molecule has 1 aromatic carbocycles. The monoisotopic (exact) mass is 210 g/mol. The predicted octanol–water partition coefficient (Wildman–Crippen LogP) is 3.81. The van der Waals surface area contributed by atoms with Crippen molar-refractivity contribution in [1.82, 2.24) is 0 Å². The number of ether oxygens (including phenoxy) is 1. The summed E-state index contributed by atoms with van der Waals surface area (Å²) in [5, 5.41) is 0. The van der Waals surface area contributed by atoms with Crippen molar-refractivity contribution in [2.75, 3.05) is 6.26 Å². The topological polar surface area (TPSA) is 9.23 Å². The molecule has 0 aromatic heterocycles. The summed E-state index contributed by atoms with van der Waals surface area (Å²) in [6, 6.07) is 4.35. The Balaban J connectivity index is 3.05. The van der Waals surface area contributed by atoms with Crippen LogP contribution in [0.3, 0.4) is 0 Å². The summed E-state index contributed by atoms with van der Waals surface area (Å²) in [5.74, 6) is 1.04. The normalized spacial score (nSPS) is 10.7. The quantitative estimate of drug-likeness (QED) is 0.702. The molecule has 0 heterocycles. The lowest BCUT2D eigenvalue weighted by molar-refractivity contribution is 0.239. The number of aryl methyl sites for hydroxylation is 2. The smallest absolute Gasteiger partial charge is 0.125 e. The summed E-state index contributed by atoms with van der Waals surface area (Å²) >= 11 is 1.77. The molecular weight excluding hydrogens is 192 g/mol. The van der Waals surface area contributed by atoms with Crippen molar-refractivity contribution in [2.24, 2.45) is 0 Å². The average molecular weight is 210 g/mol. The summed E-state index contributed by atoms with van der Waals surface area (Å²) < 4.78 is 5.77. The molecule has 0 N–H and O–H groups in total. The third kappa shape index (κ3) is 2.68. The predicted molar refractivity (Wildman–Crippen MR) is 63.5 cm³/mol. The van der Waals surface area contributed by atoms with E-state index in [-0.39, 0.29) is 6.10 Å². The summed E-state index contributed by atoms with van der Waals surface area (Å²) in [6.07, 6.45) is 2.34. The zero-order valence-corrected chi connectivity index (χ0v) is 10.4. The third-order valence-electron chi connectivity index (χ3n) is 2.02. The zero-order valence-electron chi connectivity index (χ0n) is 9.55. The van der Waals surface area contributed by atoms with Crippen molar-refractivity contribution in [3.63, 3.8) is 0 Å². The zero-order chi connectivity index (χ0) is 10.7. The third-order valence-corrected chi connectivity index (χ3v) is 2.73. The highest BCUT2D eigenvalue weighted by molar-refractivity contribution is 7.98. The Labute approximate surface area is 90.9 Å². The van der Waals surface area contributed by atoms with E-state index in [2.05, 4.69) is 46.1 Å². The number of thioether (sulfide) groups is 1. The van der Waals surface area contributed by atoms with Crippen molar-refractivity contribution in [3.05, 3.63) is 23.3 Å². The Morgan fingerprint density at radius 2 is 1.64 bits per heavy atom. The minimum absolute atomic E-state index is 0.243. The van der Waals surface area contributed by atoms with Crippen LogP contribution in [-0.4, -0.2) is 12.4 Å². The summed E-state index contributed by atoms with van der Waals surface area (Å²) in [4.78, 5) is 1.30. The molecule has 14 heavy (non-hydrogen) atoms. The summed E-state index contributed by atoms with van der Waals surface area (Å²) in [6.45, 7) is 8.32. The van der Waals surface area contributed by atoms with Gasteiger partial charge in [-0.25, -0.2) is 0 Å². The molecule has 1 rings (SSSR count). The van der Waals surface area contributed by atoms with E-state index >= 15 is 0 Å². The van der Waals surface area contributed by atoms with Crippen LogP contribution in [0.25, 0.3) is 0 Å². The fourth-order valence-electron chi connectivity index (χ4n) is 1.45. The molecule has 2 heteroatoms. The van der Waals surface area contributed by atoms with E-state index in [9.17, 15) is 0 Å². The highest BCUT2D eigenvalue weighted by Gasteiger charge is 2.07. The molecule has 0 saturated carbocycles. The first-order valence-corrected chi connectivity index (χ1v) is 6.09. The second-order valence-electron chi connectivity index (χ2n) is 3.76. The minimum atomic E-state index is 0.243. The number of benzene rings is 1. The van der Waals surface area contributed by atoms with E-state index in [1.54, 1.807) is 11.8 Å². The van der Waals surface area contributed by atoms with E-state index in [1.165, 1.54) is 16.0 Å². The SMILES string of the molecule is CSc1cc(C)c(OC(C)C)c(C)c1. The Hall–Kier alpha value is -0.630. The lowest BCUT2D eigenvalue weighted by atomic mass is 10.1. The molecule has 78 valence electrons. The maximum Gasteiger partial charge on any atom is 0.125 e. The molecule has 0 saturated heterocycles. The van der Waals surface area contributed by atoms with Crippen molar-refractivity contribution in [1.29, 1.82) is 0 Å². The van der Waals surface area contributed by atoms with Gasteiger partial charge in [-0.05, 0) is 57.2 Å². The Bertz CT molecular complexity index is 295. The maximum absolute atomic E-state index is 5.77. The average Bonchev–Trinajstić information content (AvgIpc) is 2.10. The van der Waals surface area contributed by atoms with E-state index < -0.39 is 0 Å². The molecule has 0 aliphatic heterocycles. The van der Waals surface area contributed by atoms with Crippen molar-refractivity contribution >= 4 is 11.8 Å². The highest BCUT2D eigenvalue weighted by Crippen LogP contribution is 2.29. The maximum atomic E-state index is 5.77. The molecule has 0 bridgehead atoms. The van der Waals surface area contributed by atoms with Crippen LogP contribution >= 0.6 is 11.8 Å². The molecular formula is C12H18OS. The fourth-order valence-corrected chi connectivity index (χ4v) is 2.04. The molecule has 0 atom stereocenters. The van der Waals surface area contributed by atoms with Crippen molar-refractivity contribution < 1.29 is 4.74 Å². The van der Waals surface area contributed by atoms with Crippen LogP contribution in [0.15, 0.2) is 17.0 Å². The van der Waals surface area contributed by atoms with Crippen molar-refractivity contribution in [3.8, 4) is 5.75 Å². The second kappa shape index (κ2) is 4.74.